The van der Waals surface area contributed by atoms with E-state index in [9.17, 15) is 14.4 Å². The number of ether oxygens (including phenoxy) is 3. The van der Waals surface area contributed by atoms with Gasteiger partial charge in [0.2, 0.25) is 23.0 Å². The number of nitrogens with one attached hydrogen (secondary N) is 4. The van der Waals surface area contributed by atoms with Crippen molar-refractivity contribution >= 4 is 34.2 Å². The van der Waals surface area contributed by atoms with Crippen LogP contribution in [0.5, 0.6) is 17.2 Å². The Labute approximate surface area is 287 Å². The molecule has 4 aromatic rings. The number of aromatic amines is 1. The molecule has 1 aliphatic rings. The zero-order valence-corrected chi connectivity index (χ0v) is 29.6. The number of hydrogen-bond donors (Lipinski definition) is 4. The fourth-order valence-corrected chi connectivity index (χ4v) is 6.54. The maximum absolute atomic E-state index is 14.0. The summed E-state index contributed by atoms with van der Waals surface area (Å²) in [4.78, 5) is 48.2. The number of nitrogens with zero attached hydrogens (tertiary/aromatic N) is 1. The summed E-state index contributed by atoms with van der Waals surface area (Å²) >= 11 is 0. The van der Waals surface area contributed by atoms with E-state index in [0.29, 0.717) is 59.2 Å². The molecule has 49 heavy (non-hydrogen) atoms. The Morgan fingerprint density at radius 2 is 1.76 bits per heavy atom. The first-order chi connectivity index (χ1) is 23.5. The van der Waals surface area contributed by atoms with Gasteiger partial charge < -0.3 is 35.1 Å². The second-order valence-corrected chi connectivity index (χ2v) is 13.1. The SMILES string of the molecule is CC[C@H](C)[C@@H](Nc1ccc2c(cc1=O)[C@H](NC(C)=O)CCc1cc(OC)c(OC)c(OC)c1-2)C(=O)Nc1ccc2nc(CC(C)C)[nH]c2c1. The van der Waals surface area contributed by atoms with Crippen molar-refractivity contribution in [2.45, 2.75) is 72.4 Å². The summed E-state index contributed by atoms with van der Waals surface area (Å²) in [5.41, 5.74) is 5.31. The van der Waals surface area contributed by atoms with Crippen LogP contribution < -0.4 is 35.6 Å². The number of aryl methyl sites for hydroxylation is 1. The largest absolute Gasteiger partial charge is 0.493 e. The molecular weight excluding hydrogens is 622 g/mol. The van der Waals surface area contributed by atoms with Crippen molar-refractivity contribution < 1.29 is 23.8 Å². The van der Waals surface area contributed by atoms with Crippen LogP contribution in [-0.4, -0.2) is 49.2 Å². The highest BCUT2D eigenvalue weighted by Gasteiger charge is 2.30. The first-order valence-electron chi connectivity index (χ1n) is 16.8. The van der Waals surface area contributed by atoms with Crippen molar-refractivity contribution in [3.63, 3.8) is 0 Å². The topological polar surface area (TPSA) is 144 Å². The molecule has 1 aliphatic carbocycles. The van der Waals surface area contributed by atoms with Crippen LogP contribution in [0.1, 0.15) is 70.5 Å². The lowest BCUT2D eigenvalue weighted by Gasteiger charge is -2.24. The van der Waals surface area contributed by atoms with Gasteiger partial charge in [-0.05, 0) is 77.8 Å². The van der Waals surface area contributed by atoms with Gasteiger partial charge in [-0.3, -0.25) is 14.4 Å². The van der Waals surface area contributed by atoms with Gasteiger partial charge in [-0.25, -0.2) is 4.98 Å². The lowest BCUT2D eigenvalue weighted by molar-refractivity contribution is -0.120. The van der Waals surface area contributed by atoms with Gasteiger partial charge >= 0.3 is 0 Å². The van der Waals surface area contributed by atoms with Gasteiger partial charge in [-0.2, -0.15) is 0 Å². The van der Waals surface area contributed by atoms with E-state index in [0.717, 1.165) is 34.4 Å². The number of anilines is 2. The molecule has 4 N–H and O–H groups in total. The first-order valence-corrected chi connectivity index (χ1v) is 16.8. The Morgan fingerprint density at radius 1 is 1.00 bits per heavy atom. The third kappa shape index (κ3) is 7.50. The number of benzene rings is 2. The van der Waals surface area contributed by atoms with Gasteiger partial charge in [0.15, 0.2) is 11.5 Å². The summed E-state index contributed by atoms with van der Waals surface area (Å²) in [5, 5.41) is 9.36. The van der Waals surface area contributed by atoms with E-state index in [1.807, 2.05) is 44.2 Å². The van der Waals surface area contributed by atoms with E-state index in [2.05, 4.69) is 39.8 Å². The molecule has 0 bridgehead atoms. The van der Waals surface area contributed by atoms with E-state index in [-0.39, 0.29) is 28.8 Å². The molecule has 3 aromatic carbocycles. The molecule has 260 valence electrons. The normalized spacial score (nSPS) is 15.0. The number of fused-ring (bicyclic) bond motifs is 4. The lowest BCUT2D eigenvalue weighted by Crippen LogP contribution is -2.40. The number of carbonyl (C=O) groups is 2. The minimum absolute atomic E-state index is 0.110. The molecule has 11 heteroatoms. The maximum Gasteiger partial charge on any atom is 0.247 e. The monoisotopic (exact) mass is 669 g/mol. The molecule has 0 fully saturated rings. The molecule has 1 aromatic heterocycles. The van der Waals surface area contributed by atoms with Crippen LogP contribution in [0.25, 0.3) is 22.2 Å². The fourth-order valence-electron chi connectivity index (χ4n) is 6.54. The molecule has 1 heterocycles. The molecule has 3 atom stereocenters. The molecule has 0 saturated carbocycles. The summed E-state index contributed by atoms with van der Waals surface area (Å²) in [5.74, 6) is 2.21. The van der Waals surface area contributed by atoms with Gasteiger partial charge in [-0.15, -0.1) is 0 Å². The molecule has 0 aliphatic heterocycles. The van der Waals surface area contributed by atoms with Crippen molar-refractivity contribution in [3.8, 4) is 28.4 Å². The number of H-pyrrole nitrogens is 1. The smallest absolute Gasteiger partial charge is 0.247 e. The predicted octanol–water partition coefficient (Wildman–Crippen LogP) is 6.40. The number of rotatable bonds is 12. The number of imidazole rings is 1. The van der Waals surface area contributed by atoms with Crippen LogP contribution in [0.2, 0.25) is 0 Å². The Morgan fingerprint density at radius 3 is 2.41 bits per heavy atom. The van der Waals surface area contributed by atoms with Gasteiger partial charge in [0.1, 0.15) is 11.9 Å². The van der Waals surface area contributed by atoms with Crippen LogP contribution >= 0.6 is 0 Å². The summed E-state index contributed by atoms with van der Waals surface area (Å²) in [7, 11) is 4.68. The highest BCUT2D eigenvalue weighted by molar-refractivity contribution is 5.98. The quantitative estimate of drug-likeness (QED) is 0.136. The van der Waals surface area contributed by atoms with Crippen molar-refractivity contribution in [1.29, 1.82) is 0 Å². The first kappa shape index (κ1) is 35.3. The molecule has 0 radical (unpaired) electrons. The second kappa shape index (κ2) is 15.0. The average Bonchev–Trinajstić information content (AvgIpc) is 3.31. The van der Waals surface area contributed by atoms with Crippen molar-refractivity contribution in [2.24, 2.45) is 11.8 Å². The molecule has 5 rings (SSSR count). The summed E-state index contributed by atoms with van der Waals surface area (Å²) in [6.07, 6.45) is 2.66. The Bertz CT molecular complexity index is 1920. The molecule has 11 nitrogen and oxygen atoms in total. The molecular formula is C38H47N5O6. The molecule has 2 amide bonds. The Balaban J connectivity index is 1.55. The fraction of sp³-hybridized carbons (Fsp3) is 0.421. The van der Waals surface area contributed by atoms with E-state index >= 15 is 0 Å². The maximum atomic E-state index is 14.0. The zero-order valence-electron chi connectivity index (χ0n) is 29.6. The molecule has 0 saturated heterocycles. The van der Waals surface area contributed by atoms with Crippen molar-refractivity contribution in [1.82, 2.24) is 15.3 Å². The van der Waals surface area contributed by atoms with Gasteiger partial charge in [0.05, 0.1) is 44.1 Å². The lowest BCUT2D eigenvalue weighted by atomic mass is 9.95. The third-order valence-corrected chi connectivity index (χ3v) is 9.12. The number of carbonyl (C=O) groups excluding carboxylic acids is 2. The third-order valence-electron chi connectivity index (χ3n) is 9.12. The van der Waals surface area contributed by atoms with E-state index < -0.39 is 12.1 Å². The highest BCUT2D eigenvalue weighted by Crippen LogP contribution is 2.50. The van der Waals surface area contributed by atoms with Crippen LogP contribution in [0.15, 0.2) is 47.3 Å². The van der Waals surface area contributed by atoms with Crippen LogP contribution in [0, 0.1) is 11.8 Å². The Hall–Kier alpha value is -5.06. The minimum atomic E-state index is -0.716. The van der Waals surface area contributed by atoms with Crippen molar-refractivity contribution in [3.05, 3.63) is 69.6 Å². The van der Waals surface area contributed by atoms with E-state index in [4.69, 9.17) is 14.2 Å². The second-order valence-electron chi connectivity index (χ2n) is 13.1. The van der Waals surface area contributed by atoms with Gasteiger partial charge in [-0.1, -0.05) is 40.2 Å². The van der Waals surface area contributed by atoms with Crippen LogP contribution in [0.3, 0.4) is 0 Å². The number of aromatic nitrogens is 2. The molecule has 0 spiro atoms. The number of amides is 2. The Kier molecular flexibility index (Phi) is 10.8. The van der Waals surface area contributed by atoms with E-state index in [1.54, 1.807) is 33.5 Å². The average molecular weight is 670 g/mol. The highest BCUT2D eigenvalue weighted by atomic mass is 16.5. The van der Waals surface area contributed by atoms with E-state index in [1.165, 1.54) is 6.92 Å². The summed E-state index contributed by atoms with van der Waals surface area (Å²) in [6.45, 7) is 9.73. The summed E-state index contributed by atoms with van der Waals surface area (Å²) in [6, 6.07) is 11.5. The standard InChI is InChI=1S/C38H47N5O6/c1-9-21(4)35(38(46)40-24-11-14-28-30(18-24)42-33(41-28)16-20(2)3)43-29-15-12-25-26(19-31(29)45)27(39-22(5)44)13-10-23-17-32(47-6)36(48-7)37(49-8)34(23)25/h11-12,14-15,17-21,27,35H,9-10,13,16H2,1-8H3,(H,39,44)(H,40,46)(H,41,42)(H,43,45)/t21-,27+,35+/m0/s1. The van der Waals surface area contributed by atoms with Crippen molar-refractivity contribution in [2.75, 3.05) is 32.0 Å². The van der Waals surface area contributed by atoms with Crippen LogP contribution in [0.4, 0.5) is 11.4 Å². The van der Waals surface area contributed by atoms with Gasteiger partial charge in [0, 0.05) is 24.6 Å². The molecule has 0 unspecified atom stereocenters. The van der Waals surface area contributed by atoms with Crippen LogP contribution in [-0.2, 0) is 22.4 Å². The predicted molar refractivity (Wildman–Crippen MR) is 193 cm³/mol. The summed E-state index contributed by atoms with van der Waals surface area (Å²) < 4.78 is 17.2. The van der Waals surface area contributed by atoms with Gasteiger partial charge in [0.25, 0.3) is 0 Å². The minimum Gasteiger partial charge on any atom is -0.493 e. The zero-order chi connectivity index (χ0) is 35.4. The number of hydrogen-bond acceptors (Lipinski definition) is 8. The number of methoxy groups -OCH3 is 3.